The highest BCUT2D eigenvalue weighted by atomic mass is 79.9. The third-order valence-electron chi connectivity index (χ3n) is 4.08. The van der Waals surface area contributed by atoms with Gasteiger partial charge in [0, 0.05) is 40.5 Å². The number of aromatic nitrogens is 5. The standard InChI is InChI=1S/C21H16BrN7OS/c22-17-3-5-18(6-4-17)29-20(16-2-1-9-24-13-16)27-28-21(29)31-14-19(30)26-25-12-15-7-10-23-11-8-15/h1-13H,14H2,(H,26,30). The van der Waals surface area contributed by atoms with Crippen molar-refractivity contribution in [1.82, 2.24) is 30.2 Å². The normalized spacial score (nSPS) is 11.0. The van der Waals surface area contributed by atoms with Crippen LogP contribution in [0.5, 0.6) is 0 Å². The number of hydrazone groups is 1. The van der Waals surface area contributed by atoms with Gasteiger partial charge in [0.25, 0.3) is 5.91 Å². The lowest BCUT2D eigenvalue weighted by molar-refractivity contribution is -0.118. The fourth-order valence-electron chi connectivity index (χ4n) is 2.66. The van der Waals surface area contributed by atoms with E-state index in [0.717, 1.165) is 21.3 Å². The van der Waals surface area contributed by atoms with E-state index in [0.29, 0.717) is 11.0 Å². The van der Waals surface area contributed by atoms with Gasteiger partial charge in [0.05, 0.1) is 12.0 Å². The van der Waals surface area contributed by atoms with Crippen LogP contribution in [0, 0.1) is 0 Å². The molecule has 1 amide bonds. The Kier molecular flexibility index (Phi) is 6.80. The molecule has 4 aromatic rings. The molecule has 0 atom stereocenters. The quantitative estimate of drug-likeness (QED) is 0.239. The van der Waals surface area contributed by atoms with Crippen molar-refractivity contribution in [2.75, 3.05) is 5.75 Å². The first-order valence-electron chi connectivity index (χ1n) is 9.17. The summed E-state index contributed by atoms with van der Waals surface area (Å²) in [5.41, 5.74) is 5.08. The number of hydrogen-bond donors (Lipinski definition) is 1. The molecular weight excluding hydrogens is 478 g/mol. The first-order chi connectivity index (χ1) is 15.2. The van der Waals surface area contributed by atoms with Crippen molar-refractivity contribution in [2.45, 2.75) is 5.16 Å². The molecule has 154 valence electrons. The zero-order valence-electron chi connectivity index (χ0n) is 16.1. The highest BCUT2D eigenvalue weighted by molar-refractivity contribution is 9.10. The molecular formula is C21H16BrN7OS. The Balaban J connectivity index is 1.51. The van der Waals surface area contributed by atoms with E-state index in [1.807, 2.05) is 41.0 Å². The maximum Gasteiger partial charge on any atom is 0.250 e. The monoisotopic (exact) mass is 493 g/mol. The molecule has 0 aliphatic rings. The molecule has 0 fully saturated rings. The Bertz CT molecular complexity index is 1180. The van der Waals surface area contributed by atoms with Gasteiger partial charge in [-0.25, -0.2) is 5.43 Å². The second-order valence-corrected chi connectivity index (χ2v) is 8.08. The van der Waals surface area contributed by atoms with E-state index in [9.17, 15) is 4.79 Å². The number of carbonyl (C=O) groups is 1. The maximum absolute atomic E-state index is 12.2. The van der Waals surface area contributed by atoms with Gasteiger partial charge in [0.15, 0.2) is 11.0 Å². The van der Waals surface area contributed by atoms with Gasteiger partial charge in [0.2, 0.25) is 0 Å². The molecule has 0 spiro atoms. The van der Waals surface area contributed by atoms with Crippen molar-refractivity contribution in [3.8, 4) is 17.1 Å². The Morgan fingerprint density at radius 2 is 1.87 bits per heavy atom. The smallest absolute Gasteiger partial charge is 0.250 e. The summed E-state index contributed by atoms with van der Waals surface area (Å²) in [6.07, 6.45) is 8.32. The molecule has 0 bridgehead atoms. The number of nitrogens with one attached hydrogen (secondary N) is 1. The second-order valence-electron chi connectivity index (χ2n) is 6.22. The minimum absolute atomic E-state index is 0.134. The van der Waals surface area contributed by atoms with Crippen LogP contribution in [0.15, 0.2) is 88.0 Å². The van der Waals surface area contributed by atoms with Crippen molar-refractivity contribution in [2.24, 2.45) is 5.10 Å². The zero-order chi connectivity index (χ0) is 21.5. The summed E-state index contributed by atoms with van der Waals surface area (Å²) in [4.78, 5) is 20.4. The minimum Gasteiger partial charge on any atom is -0.272 e. The van der Waals surface area contributed by atoms with Gasteiger partial charge < -0.3 is 0 Å². The van der Waals surface area contributed by atoms with Crippen molar-refractivity contribution in [3.63, 3.8) is 0 Å². The molecule has 4 rings (SSSR count). The molecule has 0 unspecified atom stereocenters. The van der Waals surface area contributed by atoms with Crippen LogP contribution in [0.25, 0.3) is 17.1 Å². The van der Waals surface area contributed by atoms with E-state index in [-0.39, 0.29) is 11.7 Å². The van der Waals surface area contributed by atoms with Crippen LogP contribution in [-0.2, 0) is 4.79 Å². The summed E-state index contributed by atoms with van der Waals surface area (Å²) in [6, 6.07) is 15.1. The van der Waals surface area contributed by atoms with Crippen molar-refractivity contribution in [1.29, 1.82) is 0 Å². The van der Waals surface area contributed by atoms with Gasteiger partial charge in [0.1, 0.15) is 0 Å². The van der Waals surface area contributed by atoms with E-state index < -0.39 is 0 Å². The SMILES string of the molecule is O=C(CSc1nnc(-c2cccnc2)n1-c1ccc(Br)cc1)NN=Cc1ccncc1. The molecule has 1 N–H and O–H groups in total. The number of benzene rings is 1. The Labute approximate surface area is 191 Å². The first-order valence-corrected chi connectivity index (χ1v) is 10.9. The molecule has 31 heavy (non-hydrogen) atoms. The highest BCUT2D eigenvalue weighted by Gasteiger charge is 2.17. The van der Waals surface area contributed by atoms with Crippen LogP contribution >= 0.6 is 27.7 Å². The Morgan fingerprint density at radius 1 is 1.06 bits per heavy atom. The summed E-state index contributed by atoms with van der Waals surface area (Å²) in [6.45, 7) is 0. The summed E-state index contributed by atoms with van der Waals surface area (Å²) in [5.74, 6) is 0.535. The molecule has 8 nitrogen and oxygen atoms in total. The van der Waals surface area contributed by atoms with Gasteiger partial charge in [-0.05, 0) is 54.1 Å². The largest absolute Gasteiger partial charge is 0.272 e. The fourth-order valence-corrected chi connectivity index (χ4v) is 3.67. The number of thioether (sulfide) groups is 1. The second kappa shape index (κ2) is 10.1. The summed E-state index contributed by atoms with van der Waals surface area (Å²) < 4.78 is 2.87. The summed E-state index contributed by atoms with van der Waals surface area (Å²) in [5, 5.41) is 13.2. The van der Waals surface area contributed by atoms with Crippen LogP contribution in [-0.4, -0.2) is 42.6 Å². The maximum atomic E-state index is 12.2. The number of rotatable bonds is 7. The summed E-state index contributed by atoms with van der Waals surface area (Å²) >= 11 is 4.73. The molecule has 3 heterocycles. The average Bonchev–Trinajstić information content (AvgIpc) is 3.23. The Morgan fingerprint density at radius 3 is 2.61 bits per heavy atom. The lowest BCUT2D eigenvalue weighted by Crippen LogP contribution is -2.20. The molecule has 0 saturated heterocycles. The molecule has 0 saturated carbocycles. The van der Waals surface area contributed by atoms with Gasteiger partial charge in [-0.3, -0.25) is 19.3 Å². The van der Waals surface area contributed by atoms with Gasteiger partial charge in [-0.2, -0.15) is 5.10 Å². The van der Waals surface area contributed by atoms with Crippen molar-refractivity contribution >= 4 is 39.8 Å². The van der Waals surface area contributed by atoms with Gasteiger partial charge in [-0.1, -0.05) is 27.7 Å². The Hall–Kier alpha value is -3.37. The highest BCUT2D eigenvalue weighted by Crippen LogP contribution is 2.28. The van der Waals surface area contributed by atoms with E-state index in [4.69, 9.17) is 0 Å². The third kappa shape index (κ3) is 5.41. The fraction of sp³-hybridized carbons (Fsp3) is 0.0476. The molecule has 1 aromatic carbocycles. The zero-order valence-corrected chi connectivity index (χ0v) is 18.5. The van der Waals surface area contributed by atoms with Gasteiger partial charge >= 0.3 is 0 Å². The van der Waals surface area contributed by atoms with Crippen LogP contribution in [0.2, 0.25) is 0 Å². The average molecular weight is 494 g/mol. The molecule has 3 aromatic heterocycles. The van der Waals surface area contributed by atoms with Crippen LogP contribution in [0.4, 0.5) is 0 Å². The van der Waals surface area contributed by atoms with E-state index in [1.165, 1.54) is 11.8 Å². The number of amides is 1. The molecule has 0 aliphatic carbocycles. The summed E-state index contributed by atoms with van der Waals surface area (Å²) in [7, 11) is 0. The lowest BCUT2D eigenvalue weighted by atomic mass is 10.2. The number of pyridine rings is 2. The predicted octanol–water partition coefficient (Wildman–Crippen LogP) is 3.73. The van der Waals surface area contributed by atoms with Crippen LogP contribution in [0.3, 0.4) is 0 Å². The molecule has 10 heteroatoms. The van der Waals surface area contributed by atoms with Gasteiger partial charge in [-0.15, -0.1) is 10.2 Å². The topological polar surface area (TPSA) is 98.0 Å². The van der Waals surface area contributed by atoms with Crippen LogP contribution in [0.1, 0.15) is 5.56 Å². The molecule has 0 radical (unpaired) electrons. The lowest BCUT2D eigenvalue weighted by Gasteiger charge is -2.10. The van der Waals surface area contributed by atoms with E-state index >= 15 is 0 Å². The number of carbonyl (C=O) groups excluding carboxylic acids is 1. The number of nitrogens with zero attached hydrogens (tertiary/aromatic N) is 6. The number of hydrogen-bond acceptors (Lipinski definition) is 7. The number of halogens is 1. The third-order valence-corrected chi connectivity index (χ3v) is 5.54. The minimum atomic E-state index is -0.247. The van der Waals surface area contributed by atoms with E-state index in [2.05, 4.69) is 46.6 Å². The molecule has 0 aliphatic heterocycles. The first kappa shape index (κ1) is 20.9. The van der Waals surface area contributed by atoms with Crippen LogP contribution < -0.4 is 5.43 Å². The van der Waals surface area contributed by atoms with E-state index in [1.54, 1.807) is 43.1 Å². The van der Waals surface area contributed by atoms with Crippen molar-refractivity contribution < 1.29 is 4.79 Å². The van der Waals surface area contributed by atoms with Crippen molar-refractivity contribution in [3.05, 3.63) is 83.4 Å². The predicted molar refractivity (Wildman–Crippen MR) is 123 cm³/mol.